The van der Waals surface area contributed by atoms with Gasteiger partial charge in [0, 0.05) is 22.7 Å². The molecule has 1 aliphatic carbocycles. The lowest BCUT2D eigenvalue weighted by molar-refractivity contribution is -0.137. The highest BCUT2D eigenvalue weighted by atomic mass is 35.5. The number of anilines is 1. The number of carbonyl (C=O) groups excluding carboxylic acids is 1. The van der Waals surface area contributed by atoms with Crippen molar-refractivity contribution in [3.63, 3.8) is 0 Å². The minimum absolute atomic E-state index is 0.147. The maximum Gasteiger partial charge on any atom is 0.323 e. The van der Waals surface area contributed by atoms with E-state index >= 15 is 0 Å². The van der Waals surface area contributed by atoms with E-state index in [1.165, 1.54) is 4.90 Å². The van der Waals surface area contributed by atoms with Crippen molar-refractivity contribution in [2.45, 2.75) is 31.7 Å². The van der Waals surface area contributed by atoms with Crippen LogP contribution in [0.25, 0.3) is 0 Å². The third-order valence-electron chi connectivity index (χ3n) is 3.82. The number of carboxylic acid groups (broad SMARTS) is 1. The lowest BCUT2D eigenvalue weighted by Gasteiger charge is -2.30. The Morgan fingerprint density at radius 2 is 1.76 bits per heavy atom. The Bertz CT molecular complexity index is 510. The molecule has 114 valence electrons. The van der Waals surface area contributed by atoms with Gasteiger partial charge in [0.2, 0.25) is 5.91 Å². The van der Waals surface area contributed by atoms with Crippen molar-refractivity contribution in [2.75, 3.05) is 11.4 Å². The first-order valence-electron chi connectivity index (χ1n) is 7.01. The van der Waals surface area contributed by atoms with E-state index < -0.39 is 5.97 Å². The molecule has 0 aliphatic heterocycles. The number of halogens is 1. The molecule has 6 heteroatoms. The fourth-order valence-corrected chi connectivity index (χ4v) is 2.77. The van der Waals surface area contributed by atoms with Gasteiger partial charge in [0.1, 0.15) is 6.54 Å². The average Bonchev–Trinajstić information content (AvgIpc) is 2.46. The monoisotopic (exact) mass is 310 g/mol. The molecule has 1 aromatic rings. The predicted octanol–water partition coefficient (Wildman–Crippen LogP) is 2.28. The highest BCUT2D eigenvalue weighted by molar-refractivity contribution is 6.30. The molecule has 0 unspecified atom stereocenters. The Labute approximate surface area is 128 Å². The van der Waals surface area contributed by atoms with Crippen LogP contribution in [0, 0.1) is 5.92 Å². The van der Waals surface area contributed by atoms with Gasteiger partial charge in [-0.1, -0.05) is 11.6 Å². The summed E-state index contributed by atoms with van der Waals surface area (Å²) in [5.41, 5.74) is 6.41. The summed E-state index contributed by atoms with van der Waals surface area (Å²) in [4.78, 5) is 25.0. The van der Waals surface area contributed by atoms with E-state index in [9.17, 15) is 9.59 Å². The van der Waals surface area contributed by atoms with Gasteiger partial charge in [-0.3, -0.25) is 9.59 Å². The molecule has 0 bridgehead atoms. The van der Waals surface area contributed by atoms with Crippen molar-refractivity contribution in [2.24, 2.45) is 11.7 Å². The fraction of sp³-hybridized carbons (Fsp3) is 0.467. The molecule has 5 nitrogen and oxygen atoms in total. The molecule has 2 rings (SSSR count). The molecule has 1 aliphatic rings. The van der Waals surface area contributed by atoms with E-state index in [1.54, 1.807) is 24.3 Å². The number of carboxylic acids is 1. The zero-order valence-corrected chi connectivity index (χ0v) is 12.4. The number of hydrogen-bond acceptors (Lipinski definition) is 3. The van der Waals surface area contributed by atoms with Crippen LogP contribution in [0.4, 0.5) is 5.69 Å². The smallest absolute Gasteiger partial charge is 0.323 e. The summed E-state index contributed by atoms with van der Waals surface area (Å²) in [5, 5.41) is 9.60. The highest BCUT2D eigenvalue weighted by Crippen LogP contribution is 2.27. The third kappa shape index (κ3) is 4.19. The molecule has 21 heavy (non-hydrogen) atoms. The van der Waals surface area contributed by atoms with E-state index in [0.717, 1.165) is 12.8 Å². The van der Waals surface area contributed by atoms with Crippen molar-refractivity contribution in [3.05, 3.63) is 29.3 Å². The molecule has 1 aromatic carbocycles. The molecule has 0 heterocycles. The van der Waals surface area contributed by atoms with Crippen LogP contribution < -0.4 is 10.6 Å². The maximum atomic E-state index is 12.6. The normalized spacial score (nSPS) is 21.8. The van der Waals surface area contributed by atoms with Gasteiger partial charge in [-0.25, -0.2) is 0 Å². The molecular weight excluding hydrogens is 292 g/mol. The lowest BCUT2D eigenvalue weighted by atomic mass is 9.85. The van der Waals surface area contributed by atoms with Gasteiger partial charge in [-0.15, -0.1) is 0 Å². The van der Waals surface area contributed by atoms with Crippen molar-refractivity contribution >= 4 is 29.2 Å². The standard InChI is InChI=1S/C15H19ClN2O3/c16-11-3-7-13(8-4-11)18(9-14(19)20)15(21)10-1-5-12(17)6-2-10/h3-4,7-8,10,12H,1-2,5-6,9,17H2,(H,19,20). The number of hydrogen-bond donors (Lipinski definition) is 2. The average molecular weight is 311 g/mol. The Hall–Kier alpha value is -1.59. The number of benzene rings is 1. The largest absolute Gasteiger partial charge is 0.480 e. The second kappa shape index (κ2) is 6.91. The van der Waals surface area contributed by atoms with Gasteiger partial charge in [-0.2, -0.15) is 0 Å². The van der Waals surface area contributed by atoms with Crippen molar-refractivity contribution in [1.82, 2.24) is 0 Å². The molecule has 1 saturated carbocycles. The first-order valence-corrected chi connectivity index (χ1v) is 7.39. The van der Waals surface area contributed by atoms with E-state index in [1.807, 2.05) is 0 Å². The Morgan fingerprint density at radius 3 is 2.29 bits per heavy atom. The third-order valence-corrected chi connectivity index (χ3v) is 4.07. The topological polar surface area (TPSA) is 83.6 Å². The van der Waals surface area contributed by atoms with Crippen LogP contribution in [-0.2, 0) is 9.59 Å². The molecule has 0 atom stereocenters. The Balaban J connectivity index is 2.17. The number of carbonyl (C=O) groups is 2. The number of rotatable bonds is 4. The number of amides is 1. The lowest BCUT2D eigenvalue weighted by Crippen LogP contribution is -2.42. The van der Waals surface area contributed by atoms with Gasteiger partial charge < -0.3 is 15.7 Å². The second-order valence-electron chi connectivity index (χ2n) is 5.41. The molecule has 0 aromatic heterocycles. The minimum atomic E-state index is -1.04. The van der Waals surface area contributed by atoms with E-state index in [2.05, 4.69) is 0 Å². The van der Waals surface area contributed by atoms with E-state index in [-0.39, 0.29) is 24.4 Å². The summed E-state index contributed by atoms with van der Waals surface area (Å²) in [5.74, 6) is -1.34. The van der Waals surface area contributed by atoms with Crippen LogP contribution in [0.2, 0.25) is 5.02 Å². The summed E-state index contributed by atoms with van der Waals surface area (Å²) in [6.07, 6.45) is 3.03. The van der Waals surface area contributed by atoms with Crippen molar-refractivity contribution in [3.8, 4) is 0 Å². The zero-order valence-electron chi connectivity index (χ0n) is 11.7. The van der Waals surface area contributed by atoms with Gasteiger partial charge in [0.05, 0.1) is 0 Å². The molecule has 1 fully saturated rings. The van der Waals surface area contributed by atoms with Crippen LogP contribution >= 0.6 is 11.6 Å². The van der Waals surface area contributed by atoms with E-state index in [0.29, 0.717) is 23.6 Å². The first kappa shape index (κ1) is 15.8. The molecule has 1 amide bonds. The quantitative estimate of drug-likeness (QED) is 0.893. The first-order chi connectivity index (χ1) is 9.97. The molecule has 0 saturated heterocycles. The molecule has 3 N–H and O–H groups in total. The van der Waals surface area contributed by atoms with Crippen LogP contribution in [-0.4, -0.2) is 29.6 Å². The fourth-order valence-electron chi connectivity index (χ4n) is 2.64. The summed E-state index contributed by atoms with van der Waals surface area (Å²) in [7, 11) is 0. The summed E-state index contributed by atoms with van der Waals surface area (Å²) < 4.78 is 0. The number of aliphatic carboxylic acids is 1. The zero-order chi connectivity index (χ0) is 15.4. The van der Waals surface area contributed by atoms with Gasteiger partial charge in [0.15, 0.2) is 0 Å². The van der Waals surface area contributed by atoms with Crippen LogP contribution in [0.3, 0.4) is 0 Å². The Kier molecular flexibility index (Phi) is 5.20. The van der Waals surface area contributed by atoms with Crippen LogP contribution in [0.1, 0.15) is 25.7 Å². The maximum absolute atomic E-state index is 12.6. The Morgan fingerprint density at radius 1 is 1.19 bits per heavy atom. The second-order valence-corrected chi connectivity index (χ2v) is 5.84. The van der Waals surface area contributed by atoms with Crippen molar-refractivity contribution < 1.29 is 14.7 Å². The SMILES string of the molecule is NC1CCC(C(=O)N(CC(=O)O)c2ccc(Cl)cc2)CC1. The van der Waals surface area contributed by atoms with Crippen molar-refractivity contribution in [1.29, 1.82) is 0 Å². The number of nitrogens with zero attached hydrogens (tertiary/aromatic N) is 1. The highest BCUT2D eigenvalue weighted by Gasteiger charge is 2.30. The molecule has 0 spiro atoms. The summed E-state index contributed by atoms with van der Waals surface area (Å²) in [6, 6.07) is 6.78. The van der Waals surface area contributed by atoms with Gasteiger partial charge in [0.25, 0.3) is 0 Å². The minimum Gasteiger partial charge on any atom is -0.480 e. The van der Waals surface area contributed by atoms with Gasteiger partial charge >= 0.3 is 5.97 Å². The summed E-state index contributed by atoms with van der Waals surface area (Å²) >= 11 is 5.83. The molecular formula is C15H19ClN2O3. The predicted molar refractivity (Wildman–Crippen MR) is 81.4 cm³/mol. The van der Waals surface area contributed by atoms with E-state index in [4.69, 9.17) is 22.4 Å². The summed E-state index contributed by atoms with van der Waals surface area (Å²) in [6.45, 7) is -0.344. The van der Waals surface area contributed by atoms with Crippen LogP contribution in [0.15, 0.2) is 24.3 Å². The van der Waals surface area contributed by atoms with Gasteiger partial charge in [-0.05, 0) is 49.9 Å². The molecule has 0 radical (unpaired) electrons. The van der Waals surface area contributed by atoms with Crippen LogP contribution in [0.5, 0.6) is 0 Å². The number of nitrogens with two attached hydrogens (primary N) is 1.